The van der Waals surface area contributed by atoms with Crippen LogP contribution in [-0.2, 0) is 12.1 Å². The van der Waals surface area contributed by atoms with Gasteiger partial charge < -0.3 is 9.84 Å². The highest BCUT2D eigenvalue weighted by Gasteiger charge is 2.37. The zero-order chi connectivity index (χ0) is 16.3. The monoisotopic (exact) mass is 313 g/mol. The lowest BCUT2D eigenvalue weighted by molar-refractivity contribution is -0.0414. The van der Waals surface area contributed by atoms with Crippen molar-refractivity contribution in [1.29, 1.82) is 5.26 Å². The quantitative estimate of drug-likeness (QED) is 0.879. The topological polar surface area (TPSA) is 98.1 Å². The zero-order valence-corrected chi connectivity index (χ0v) is 13.0. The second kappa shape index (κ2) is 6.36. The molecule has 1 aromatic carbocycles. The highest BCUT2D eigenvalue weighted by molar-refractivity contribution is 5.45. The van der Waals surface area contributed by atoms with Crippen molar-refractivity contribution in [3.8, 4) is 11.8 Å². The van der Waals surface area contributed by atoms with Gasteiger partial charge in [0.1, 0.15) is 23.1 Å². The number of H-pyrrole nitrogens is 1. The fourth-order valence-corrected chi connectivity index (χ4v) is 3.09. The number of rotatable bonds is 4. The molecule has 0 saturated carbocycles. The third kappa shape index (κ3) is 3.18. The molecule has 1 saturated heterocycles. The second-order valence-corrected chi connectivity index (χ2v) is 5.85. The van der Waals surface area contributed by atoms with E-state index in [1.165, 1.54) is 0 Å². The Bertz CT molecular complexity index is 710. The second-order valence-electron chi connectivity index (χ2n) is 5.85. The lowest BCUT2D eigenvalue weighted by Crippen LogP contribution is -2.45. The molecule has 120 valence electrons. The van der Waals surface area contributed by atoms with E-state index in [0.717, 1.165) is 18.5 Å². The van der Waals surface area contributed by atoms with Crippen molar-refractivity contribution >= 4 is 0 Å². The van der Waals surface area contributed by atoms with Gasteiger partial charge in [-0.05, 0) is 37.1 Å². The molecule has 1 atom stereocenters. The molecule has 2 heterocycles. The summed E-state index contributed by atoms with van der Waals surface area (Å²) < 4.78 is 5.17. The minimum absolute atomic E-state index is 0.494. The van der Waals surface area contributed by atoms with E-state index in [4.69, 9.17) is 4.74 Å². The van der Waals surface area contributed by atoms with Crippen molar-refractivity contribution in [2.75, 3.05) is 20.2 Å². The van der Waals surface area contributed by atoms with Crippen LogP contribution in [0.2, 0.25) is 0 Å². The smallest absolute Gasteiger partial charge is 0.136 e. The fraction of sp³-hybridized carbons (Fsp3) is 0.438. The molecule has 1 aliphatic rings. The van der Waals surface area contributed by atoms with Gasteiger partial charge in [-0.1, -0.05) is 6.07 Å². The molecule has 1 aromatic heterocycles. The van der Waals surface area contributed by atoms with E-state index in [9.17, 15) is 10.4 Å². The van der Waals surface area contributed by atoms with Crippen molar-refractivity contribution in [3.63, 3.8) is 0 Å². The van der Waals surface area contributed by atoms with E-state index in [2.05, 4.69) is 26.4 Å². The molecule has 2 aromatic rings. The van der Waals surface area contributed by atoms with E-state index in [1.54, 1.807) is 13.3 Å². The summed E-state index contributed by atoms with van der Waals surface area (Å²) >= 11 is 0. The molecular formula is C16H19N5O2. The predicted octanol–water partition coefficient (Wildman–Crippen LogP) is 1.17. The van der Waals surface area contributed by atoms with Gasteiger partial charge in [-0.3, -0.25) is 4.90 Å². The molecule has 0 radical (unpaired) electrons. The number of benzene rings is 1. The Balaban J connectivity index is 1.74. The summed E-state index contributed by atoms with van der Waals surface area (Å²) in [6, 6.07) is 7.74. The number of β-amino-alcohol motifs (C(OH)–C–C–N with tert-alkyl or cyclic N) is 1. The molecule has 0 amide bonds. The molecular weight excluding hydrogens is 294 g/mol. The third-order valence-corrected chi connectivity index (χ3v) is 4.23. The lowest BCUT2D eigenvalue weighted by atomic mass is 9.90. The highest BCUT2D eigenvalue weighted by atomic mass is 16.5. The van der Waals surface area contributed by atoms with Crippen LogP contribution in [0.4, 0.5) is 0 Å². The third-order valence-electron chi connectivity index (χ3n) is 4.23. The number of likely N-dealkylation sites (tertiary alicyclic amines) is 1. The van der Waals surface area contributed by atoms with Crippen LogP contribution in [0, 0.1) is 11.3 Å². The van der Waals surface area contributed by atoms with Crippen LogP contribution in [0.15, 0.2) is 24.4 Å². The Morgan fingerprint density at radius 3 is 3.09 bits per heavy atom. The highest BCUT2D eigenvalue weighted by Crippen LogP contribution is 2.30. The Morgan fingerprint density at radius 1 is 1.52 bits per heavy atom. The number of nitrogens with zero attached hydrogens (tertiary/aromatic N) is 4. The van der Waals surface area contributed by atoms with Gasteiger partial charge in [0.05, 0.1) is 18.9 Å². The molecule has 23 heavy (non-hydrogen) atoms. The maximum Gasteiger partial charge on any atom is 0.136 e. The van der Waals surface area contributed by atoms with E-state index in [1.807, 2.05) is 18.2 Å². The van der Waals surface area contributed by atoms with Gasteiger partial charge in [-0.2, -0.15) is 20.7 Å². The van der Waals surface area contributed by atoms with Gasteiger partial charge in [0, 0.05) is 13.1 Å². The Morgan fingerprint density at radius 2 is 2.39 bits per heavy atom. The Labute approximate surface area is 134 Å². The number of piperidine rings is 1. The number of nitrogens with one attached hydrogen (secondary N) is 1. The normalized spacial score (nSPS) is 21.8. The molecule has 2 N–H and O–H groups in total. The molecule has 1 aliphatic heterocycles. The molecule has 1 fully saturated rings. The van der Waals surface area contributed by atoms with E-state index < -0.39 is 5.60 Å². The zero-order valence-electron chi connectivity index (χ0n) is 13.0. The Hall–Kier alpha value is -2.43. The summed E-state index contributed by atoms with van der Waals surface area (Å²) in [7, 11) is 1.55. The number of aromatic nitrogens is 3. The van der Waals surface area contributed by atoms with Crippen LogP contribution in [-0.4, -0.2) is 45.6 Å². The van der Waals surface area contributed by atoms with Gasteiger partial charge in [0.2, 0.25) is 0 Å². The lowest BCUT2D eigenvalue weighted by Gasteiger charge is -2.38. The Kier molecular flexibility index (Phi) is 4.28. The molecule has 7 nitrogen and oxygen atoms in total. The van der Waals surface area contributed by atoms with E-state index in [-0.39, 0.29) is 0 Å². The number of nitriles is 1. The summed E-state index contributed by atoms with van der Waals surface area (Å²) in [4.78, 5) is 2.17. The standard InChI is InChI=1S/C16H19N5O2/c1-23-14-4-3-12(7-13(14)8-17)10-21-6-2-5-16(22,11-21)15-9-18-20-19-15/h3-4,7,9,22H,2,5-6,10-11H2,1H3,(H,18,19,20)/t16-/m1/s1. The van der Waals surface area contributed by atoms with Crippen LogP contribution in [0.1, 0.15) is 29.7 Å². The molecule has 3 rings (SSSR count). The minimum atomic E-state index is -0.976. The van der Waals surface area contributed by atoms with Gasteiger partial charge in [-0.15, -0.1) is 0 Å². The van der Waals surface area contributed by atoms with E-state index >= 15 is 0 Å². The minimum Gasteiger partial charge on any atom is -0.495 e. The summed E-state index contributed by atoms with van der Waals surface area (Å²) in [6.07, 6.45) is 3.12. The van der Waals surface area contributed by atoms with Crippen molar-refractivity contribution in [2.24, 2.45) is 0 Å². The number of hydrogen-bond donors (Lipinski definition) is 2. The summed E-state index contributed by atoms with van der Waals surface area (Å²) in [5.74, 6) is 0.578. The first kappa shape index (κ1) is 15.5. The predicted molar refractivity (Wildman–Crippen MR) is 82.5 cm³/mol. The van der Waals surface area contributed by atoms with Crippen LogP contribution in [0.5, 0.6) is 5.75 Å². The van der Waals surface area contributed by atoms with Crippen molar-refractivity contribution in [1.82, 2.24) is 20.3 Å². The van der Waals surface area contributed by atoms with Crippen molar-refractivity contribution in [2.45, 2.75) is 25.0 Å². The van der Waals surface area contributed by atoms with Gasteiger partial charge >= 0.3 is 0 Å². The van der Waals surface area contributed by atoms with Crippen LogP contribution in [0.3, 0.4) is 0 Å². The number of hydrogen-bond acceptors (Lipinski definition) is 6. The largest absolute Gasteiger partial charge is 0.495 e. The first-order valence-corrected chi connectivity index (χ1v) is 7.52. The van der Waals surface area contributed by atoms with Crippen molar-refractivity contribution in [3.05, 3.63) is 41.2 Å². The maximum absolute atomic E-state index is 10.8. The fourth-order valence-electron chi connectivity index (χ4n) is 3.09. The molecule has 0 unspecified atom stereocenters. The number of aromatic amines is 1. The van der Waals surface area contributed by atoms with Gasteiger partial charge in [0.15, 0.2) is 0 Å². The average Bonchev–Trinajstić information content (AvgIpc) is 3.10. The first-order chi connectivity index (χ1) is 11.1. The van der Waals surface area contributed by atoms with Crippen LogP contribution >= 0.6 is 0 Å². The number of aliphatic hydroxyl groups is 1. The summed E-state index contributed by atoms with van der Waals surface area (Å²) in [6.45, 7) is 2.06. The molecule has 7 heteroatoms. The number of methoxy groups -OCH3 is 1. The maximum atomic E-state index is 10.8. The van der Waals surface area contributed by atoms with Gasteiger partial charge in [0.25, 0.3) is 0 Å². The molecule has 0 bridgehead atoms. The SMILES string of the molecule is COc1ccc(CN2CCC[C@](O)(c3cn[nH]n3)C2)cc1C#N. The average molecular weight is 313 g/mol. The molecule has 0 aliphatic carbocycles. The van der Waals surface area contributed by atoms with Crippen molar-refractivity contribution < 1.29 is 9.84 Å². The van der Waals surface area contributed by atoms with Crippen LogP contribution in [0.25, 0.3) is 0 Å². The summed E-state index contributed by atoms with van der Waals surface area (Å²) in [5, 5.41) is 30.4. The summed E-state index contributed by atoms with van der Waals surface area (Å²) in [5.41, 5.74) is 1.14. The number of ether oxygens (including phenoxy) is 1. The van der Waals surface area contributed by atoms with E-state index in [0.29, 0.717) is 36.5 Å². The van der Waals surface area contributed by atoms with Gasteiger partial charge in [-0.25, -0.2) is 0 Å². The molecule has 0 spiro atoms. The first-order valence-electron chi connectivity index (χ1n) is 7.52. The van der Waals surface area contributed by atoms with Crippen LogP contribution < -0.4 is 4.74 Å².